The first-order chi connectivity index (χ1) is 9.28. The van der Waals surface area contributed by atoms with E-state index in [1.807, 2.05) is 24.3 Å². The number of hydrogen-bond acceptors (Lipinski definition) is 3. The normalized spacial score (nSPS) is 20.4. The van der Waals surface area contributed by atoms with Gasteiger partial charge in [-0.15, -0.1) is 0 Å². The van der Waals surface area contributed by atoms with Crippen molar-refractivity contribution in [3.05, 3.63) is 29.3 Å². The lowest BCUT2D eigenvalue weighted by Crippen LogP contribution is -2.41. The minimum Gasteiger partial charge on any atom is -0.492 e. The van der Waals surface area contributed by atoms with Crippen LogP contribution in [0.5, 0.6) is 5.75 Å². The Balaban J connectivity index is 1.69. The van der Waals surface area contributed by atoms with Gasteiger partial charge >= 0.3 is 0 Å². The first kappa shape index (κ1) is 14.6. The van der Waals surface area contributed by atoms with E-state index in [2.05, 4.69) is 11.8 Å². The molecule has 106 valence electrons. The fourth-order valence-corrected chi connectivity index (χ4v) is 2.54. The summed E-state index contributed by atoms with van der Waals surface area (Å²) < 4.78 is 11.4. The molecule has 1 aromatic rings. The highest BCUT2D eigenvalue weighted by Crippen LogP contribution is 2.16. The molecule has 1 unspecified atom stereocenters. The molecule has 1 fully saturated rings. The Hall–Kier alpha value is -0.770. The van der Waals surface area contributed by atoms with Crippen molar-refractivity contribution < 1.29 is 9.47 Å². The summed E-state index contributed by atoms with van der Waals surface area (Å²) in [5, 5.41) is 0.739. The van der Waals surface area contributed by atoms with Crippen LogP contribution in [0.15, 0.2) is 24.3 Å². The van der Waals surface area contributed by atoms with Crippen molar-refractivity contribution in [3.8, 4) is 5.75 Å². The van der Waals surface area contributed by atoms with E-state index in [9.17, 15) is 0 Å². The Morgan fingerprint density at radius 2 is 2.11 bits per heavy atom. The largest absolute Gasteiger partial charge is 0.492 e. The van der Waals surface area contributed by atoms with Crippen LogP contribution >= 0.6 is 11.6 Å². The topological polar surface area (TPSA) is 21.7 Å². The SMILES string of the molecule is CCOC1CCCN(CCOc2ccc(Cl)cc2)C1. The van der Waals surface area contributed by atoms with Crippen LogP contribution in [-0.2, 0) is 4.74 Å². The molecule has 0 aromatic heterocycles. The van der Waals surface area contributed by atoms with E-state index in [-0.39, 0.29) is 0 Å². The molecule has 0 amide bonds. The number of benzene rings is 1. The number of halogens is 1. The van der Waals surface area contributed by atoms with Crippen LogP contribution < -0.4 is 4.74 Å². The third-order valence-electron chi connectivity index (χ3n) is 3.35. The molecule has 0 bridgehead atoms. The standard InChI is InChI=1S/C15H22ClNO2/c1-2-18-15-4-3-9-17(12-15)10-11-19-14-7-5-13(16)6-8-14/h5-8,15H,2-4,9-12H2,1H3. The predicted octanol–water partition coefficient (Wildman–Crippen LogP) is 3.22. The molecule has 3 nitrogen and oxygen atoms in total. The molecule has 0 aliphatic carbocycles. The van der Waals surface area contributed by atoms with Crippen LogP contribution in [0.1, 0.15) is 19.8 Å². The molecule has 1 atom stereocenters. The van der Waals surface area contributed by atoms with Crippen LogP contribution in [0.4, 0.5) is 0 Å². The lowest BCUT2D eigenvalue weighted by Gasteiger charge is -2.32. The molecule has 1 saturated heterocycles. The van der Waals surface area contributed by atoms with E-state index < -0.39 is 0 Å². The maximum atomic E-state index is 5.84. The number of hydrogen-bond donors (Lipinski definition) is 0. The van der Waals surface area contributed by atoms with Crippen molar-refractivity contribution in [3.63, 3.8) is 0 Å². The van der Waals surface area contributed by atoms with Crippen molar-refractivity contribution in [2.24, 2.45) is 0 Å². The van der Waals surface area contributed by atoms with Gasteiger partial charge in [-0.2, -0.15) is 0 Å². The van der Waals surface area contributed by atoms with Crippen LogP contribution in [0.2, 0.25) is 5.02 Å². The molecule has 4 heteroatoms. The van der Waals surface area contributed by atoms with Crippen molar-refractivity contribution >= 4 is 11.6 Å². The number of nitrogens with zero attached hydrogens (tertiary/aromatic N) is 1. The Kier molecular flexibility index (Phi) is 5.95. The van der Waals surface area contributed by atoms with Gasteiger partial charge < -0.3 is 9.47 Å². The Morgan fingerprint density at radius 1 is 1.32 bits per heavy atom. The minimum absolute atomic E-state index is 0.397. The van der Waals surface area contributed by atoms with Gasteiger partial charge in [-0.3, -0.25) is 4.90 Å². The summed E-state index contributed by atoms with van der Waals surface area (Å²) in [6.07, 6.45) is 2.79. The Labute approximate surface area is 120 Å². The van der Waals surface area contributed by atoms with E-state index in [0.717, 1.165) is 37.0 Å². The van der Waals surface area contributed by atoms with E-state index in [1.165, 1.54) is 12.8 Å². The summed E-state index contributed by atoms with van der Waals surface area (Å²) in [5.41, 5.74) is 0. The minimum atomic E-state index is 0.397. The summed E-state index contributed by atoms with van der Waals surface area (Å²) in [6.45, 7) is 6.69. The maximum absolute atomic E-state index is 5.84. The molecule has 0 radical (unpaired) electrons. The monoisotopic (exact) mass is 283 g/mol. The summed E-state index contributed by atoms with van der Waals surface area (Å²) in [5.74, 6) is 0.878. The van der Waals surface area contributed by atoms with Gasteiger partial charge in [0.25, 0.3) is 0 Å². The number of piperidine rings is 1. The first-order valence-corrected chi connectivity index (χ1v) is 7.38. The zero-order chi connectivity index (χ0) is 13.5. The second-order valence-electron chi connectivity index (χ2n) is 4.82. The number of ether oxygens (including phenoxy) is 2. The van der Waals surface area contributed by atoms with Gasteiger partial charge in [0.2, 0.25) is 0 Å². The zero-order valence-corrected chi connectivity index (χ0v) is 12.2. The molecule has 19 heavy (non-hydrogen) atoms. The van der Waals surface area contributed by atoms with Crippen LogP contribution in [0.3, 0.4) is 0 Å². The van der Waals surface area contributed by atoms with Crippen molar-refractivity contribution in [2.45, 2.75) is 25.9 Å². The fourth-order valence-electron chi connectivity index (χ4n) is 2.41. The van der Waals surface area contributed by atoms with Gasteiger partial charge in [-0.25, -0.2) is 0 Å². The summed E-state index contributed by atoms with van der Waals surface area (Å²) in [7, 11) is 0. The second kappa shape index (κ2) is 7.73. The highest BCUT2D eigenvalue weighted by molar-refractivity contribution is 6.30. The first-order valence-electron chi connectivity index (χ1n) is 7.00. The molecule has 0 N–H and O–H groups in total. The van der Waals surface area contributed by atoms with Gasteiger partial charge in [-0.1, -0.05) is 11.6 Å². The summed E-state index contributed by atoms with van der Waals surface area (Å²) >= 11 is 5.84. The highest BCUT2D eigenvalue weighted by Gasteiger charge is 2.19. The van der Waals surface area contributed by atoms with Crippen LogP contribution in [0.25, 0.3) is 0 Å². The van der Waals surface area contributed by atoms with Gasteiger partial charge in [0, 0.05) is 24.7 Å². The van der Waals surface area contributed by atoms with E-state index in [1.54, 1.807) is 0 Å². The smallest absolute Gasteiger partial charge is 0.119 e. The Bertz CT molecular complexity index is 367. The number of rotatable bonds is 6. The van der Waals surface area contributed by atoms with Crippen LogP contribution in [-0.4, -0.2) is 43.9 Å². The molecule has 2 rings (SSSR count). The van der Waals surface area contributed by atoms with Gasteiger partial charge in [0.15, 0.2) is 0 Å². The van der Waals surface area contributed by atoms with Crippen molar-refractivity contribution in [1.29, 1.82) is 0 Å². The molecule has 1 aromatic carbocycles. The third kappa shape index (κ3) is 5.01. The molecule has 0 saturated carbocycles. The van der Waals surface area contributed by atoms with Crippen molar-refractivity contribution in [1.82, 2.24) is 4.90 Å². The zero-order valence-electron chi connectivity index (χ0n) is 11.5. The van der Waals surface area contributed by atoms with E-state index >= 15 is 0 Å². The van der Waals surface area contributed by atoms with E-state index in [0.29, 0.717) is 12.7 Å². The van der Waals surface area contributed by atoms with E-state index in [4.69, 9.17) is 21.1 Å². The third-order valence-corrected chi connectivity index (χ3v) is 3.61. The average Bonchev–Trinajstić information content (AvgIpc) is 2.42. The van der Waals surface area contributed by atoms with Crippen LogP contribution in [0, 0.1) is 0 Å². The molecular weight excluding hydrogens is 262 g/mol. The fraction of sp³-hybridized carbons (Fsp3) is 0.600. The average molecular weight is 284 g/mol. The second-order valence-corrected chi connectivity index (χ2v) is 5.26. The number of likely N-dealkylation sites (tertiary alicyclic amines) is 1. The highest BCUT2D eigenvalue weighted by atomic mass is 35.5. The molecule has 0 spiro atoms. The molecule has 1 heterocycles. The van der Waals surface area contributed by atoms with Gasteiger partial charge in [-0.05, 0) is 50.6 Å². The molecular formula is C15H22ClNO2. The molecule has 1 aliphatic rings. The lowest BCUT2D eigenvalue weighted by atomic mass is 10.1. The lowest BCUT2D eigenvalue weighted by molar-refractivity contribution is 0.00304. The quantitative estimate of drug-likeness (QED) is 0.800. The molecule has 1 aliphatic heterocycles. The summed E-state index contributed by atoms with van der Waals surface area (Å²) in [4.78, 5) is 2.42. The predicted molar refractivity (Wildman–Crippen MR) is 78.0 cm³/mol. The van der Waals surface area contributed by atoms with Gasteiger partial charge in [0.05, 0.1) is 6.10 Å². The van der Waals surface area contributed by atoms with Crippen molar-refractivity contribution in [2.75, 3.05) is 32.8 Å². The van der Waals surface area contributed by atoms with Gasteiger partial charge in [0.1, 0.15) is 12.4 Å². The summed E-state index contributed by atoms with van der Waals surface area (Å²) in [6, 6.07) is 7.51. The Morgan fingerprint density at radius 3 is 2.84 bits per heavy atom. The maximum Gasteiger partial charge on any atom is 0.119 e.